The minimum Gasteiger partial charge on any atom is -0.497 e. The Morgan fingerprint density at radius 2 is 2.00 bits per heavy atom. The van der Waals surface area contributed by atoms with Crippen molar-refractivity contribution < 1.29 is 18.9 Å². The van der Waals surface area contributed by atoms with Gasteiger partial charge in [0.1, 0.15) is 18.1 Å². The predicted molar refractivity (Wildman–Crippen MR) is 54.2 cm³/mol. The first-order chi connectivity index (χ1) is 7.38. The summed E-state index contributed by atoms with van der Waals surface area (Å²) in [4.78, 5) is 0. The van der Waals surface area contributed by atoms with E-state index in [0.717, 1.165) is 11.5 Å². The van der Waals surface area contributed by atoms with E-state index in [1.165, 1.54) is 0 Å². The lowest BCUT2D eigenvalue weighted by atomic mass is 10.3. The van der Waals surface area contributed by atoms with Crippen molar-refractivity contribution in [2.24, 2.45) is 0 Å². The van der Waals surface area contributed by atoms with E-state index in [-0.39, 0.29) is 6.29 Å². The van der Waals surface area contributed by atoms with E-state index in [1.54, 1.807) is 7.11 Å². The molecule has 4 nitrogen and oxygen atoms in total. The van der Waals surface area contributed by atoms with Gasteiger partial charge in [-0.1, -0.05) is 6.07 Å². The molecule has 2 rings (SSSR count). The highest BCUT2D eigenvalue weighted by Gasteiger charge is 2.16. The molecule has 0 unspecified atom stereocenters. The number of methoxy groups -OCH3 is 1. The Morgan fingerprint density at radius 3 is 2.73 bits per heavy atom. The fourth-order valence-corrected chi connectivity index (χ4v) is 1.36. The summed E-state index contributed by atoms with van der Waals surface area (Å²) < 4.78 is 21.1. The zero-order valence-corrected chi connectivity index (χ0v) is 8.64. The van der Waals surface area contributed by atoms with Crippen LogP contribution in [-0.4, -0.2) is 33.2 Å². The summed E-state index contributed by atoms with van der Waals surface area (Å²) in [5, 5.41) is 0. The van der Waals surface area contributed by atoms with Crippen molar-refractivity contribution in [3.05, 3.63) is 24.3 Å². The first-order valence-corrected chi connectivity index (χ1v) is 4.88. The van der Waals surface area contributed by atoms with Gasteiger partial charge in [-0.05, 0) is 12.1 Å². The van der Waals surface area contributed by atoms with Crippen molar-refractivity contribution in [3.63, 3.8) is 0 Å². The van der Waals surface area contributed by atoms with Crippen molar-refractivity contribution in [2.75, 3.05) is 26.9 Å². The molecule has 15 heavy (non-hydrogen) atoms. The monoisotopic (exact) mass is 210 g/mol. The third kappa shape index (κ3) is 2.84. The van der Waals surface area contributed by atoms with Gasteiger partial charge in [0.2, 0.25) is 0 Å². The molecule has 0 saturated carbocycles. The van der Waals surface area contributed by atoms with Gasteiger partial charge in [0.25, 0.3) is 0 Å². The van der Waals surface area contributed by atoms with Crippen LogP contribution >= 0.6 is 0 Å². The minimum absolute atomic E-state index is 0.240. The standard InChI is InChI=1S/C11H14O4/c1-12-9-3-2-4-10(7-9)15-8-11-13-5-6-14-11/h2-4,7,11H,5-6,8H2,1H3. The molecular weight excluding hydrogens is 196 g/mol. The molecular formula is C11H14O4. The van der Waals surface area contributed by atoms with Crippen LogP contribution in [0.15, 0.2) is 24.3 Å². The largest absolute Gasteiger partial charge is 0.497 e. The summed E-state index contributed by atoms with van der Waals surface area (Å²) in [6, 6.07) is 7.45. The van der Waals surface area contributed by atoms with Crippen LogP contribution < -0.4 is 9.47 Å². The molecule has 82 valence electrons. The average Bonchev–Trinajstić information content (AvgIpc) is 2.79. The smallest absolute Gasteiger partial charge is 0.191 e. The Balaban J connectivity index is 1.86. The molecule has 1 heterocycles. The number of hydrogen-bond donors (Lipinski definition) is 0. The summed E-state index contributed by atoms with van der Waals surface area (Å²) in [5.41, 5.74) is 0. The molecule has 0 amide bonds. The van der Waals surface area contributed by atoms with Gasteiger partial charge < -0.3 is 18.9 Å². The molecule has 1 aliphatic heterocycles. The van der Waals surface area contributed by atoms with Gasteiger partial charge in [0.05, 0.1) is 20.3 Å². The Hall–Kier alpha value is -1.26. The van der Waals surface area contributed by atoms with Gasteiger partial charge in [-0.3, -0.25) is 0 Å². The van der Waals surface area contributed by atoms with Gasteiger partial charge in [-0.2, -0.15) is 0 Å². The second-order valence-corrected chi connectivity index (χ2v) is 3.16. The van der Waals surface area contributed by atoms with Gasteiger partial charge in [-0.25, -0.2) is 0 Å². The van der Waals surface area contributed by atoms with Crippen LogP contribution in [0.3, 0.4) is 0 Å². The molecule has 0 bridgehead atoms. The van der Waals surface area contributed by atoms with E-state index < -0.39 is 0 Å². The minimum atomic E-state index is -0.240. The van der Waals surface area contributed by atoms with Crippen molar-refractivity contribution in [3.8, 4) is 11.5 Å². The molecule has 1 aliphatic rings. The van der Waals surface area contributed by atoms with Crippen LogP contribution in [0.25, 0.3) is 0 Å². The maximum Gasteiger partial charge on any atom is 0.191 e. The third-order valence-corrected chi connectivity index (χ3v) is 2.12. The van der Waals surface area contributed by atoms with Gasteiger partial charge in [0, 0.05) is 6.07 Å². The molecule has 1 saturated heterocycles. The molecule has 0 radical (unpaired) electrons. The molecule has 1 aromatic rings. The zero-order valence-electron chi connectivity index (χ0n) is 8.64. The molecule has 4 heteroatoms. The van der Waals surface area contributed by atoms with Gasteiger partial charge in [0.15, 0.2) is 6.29 Å². The lowest BCUT2D eigenvalue weighted by Crippen LogP contribution is -2.18. The van der Waals surface area contributed by atoms with E-state index in [9.17, 15) is 0 Å². The Labute approximate surface area is 88.7 Å². The quantitative estimate of drug-likeness (QED) is 0.753. The number of rotatable bonds is 4. The van der Waals surface area contributed by atoms with Crippen LogP contribution in [-0.2, 0) is 9.47 Å². The maximum atomic E-state index is 5.50. The van der Waals surface area contributed by atoms with E-state index in [4.69, 9.17) is 18.9 Å². The fraction of sp³-hybridized carbons (Fsp3) is 0.455. The molecule has 0 spiro atoms. The van der Waals surface area contributed by atoms with Crippen molar-refractivity contribution >= 4 is 0 Å². The molecule has 0 N–H and O–H groups in total. The highest BCUT2D eigenvalue weighted by Crippen LogP contribution is 2.19. The predicted octanol–water partition coefficient (Wildman–Crippen LogP) is 1.45. The molecule has 0 aromatic heterocycles. The van der Waals surface area contributed by atoms with Crippen LogP contribution in [0.1, 0.15) is 0 Å². The second kappa shape index (κ2) is 5.00. The topological polar surface area (TPSA) is 36.9 Å². The van der Waals surface area contributed by atoms with Crippen LogP contribution in [0.5, 0.6) is 11.5 Å². The first-order valence-electron chi connectivity index (χ1n) is 4.88. The summed E-state index contributed by atoms with van der Waals surface area (Å²) >= 11 is 0. The van der Waals surface area contributed by atoms with Gasteiger partial charge in [-0.15, -0.1) is 0 Å². The molecule has 1 fully saturated rings. The van der Waals surface area contributed by atoms with Crippen molar-refractivity contribution in [2.45, 2.75) is 6.29 Å². The van der Waals surface area contributed by atoms with E-state index in [0.29, 0.717) is 19.8 Å². The summed E-state index contributed by atoms with van der Waals surface area (Å²) in [6.07, 6.45) is -0.240. The highest BCUT2D eigenvalue weighted by atomic mass is 16.7. The Kier molecular flexibility index (Phi) is 3.42. The van der Waals surface area contributed by atoms with Crippen molar-refractivity contribution in [1.29, 1.82) is 0 Å². The number of hydrogen-bond acceptors (Lipinski definition) is 4. The van der Waals surface area contributed by atoms with Gasteiger partial charge >= 0.3 is 0 Å². The third-order valence-electron chi connectivity index (χ3n) is 2.12. The normalized spacial score (nSPS) is 16.6. The highest BCUT2D eigenvalue weighted by molar-refractivity contribution is 5.32. The zero-order chi connectivity index (χ0) is 10.5. The summed E-state index contributed by atoms with van der Waals surface area (Å²) in [5.74, 6) is 1.54. The average molecular weight is 210 g/mol. The summed E-state index contributed by atoms with van der Waals surface area (Å²) in [6.45, 7) is 1.70. The van der Waals surface area contributed by atoms with E-state index in [1.807, 2.05) is 24.3 Å². The number of benzene rings is 1. The molecule has 0 atom stereocenters. The fourth-order valence-electron chi connectivity index (χ4n) is 1.36. The lowest BCUT2D eigenvalue weighted by Gasteiger charge is -2.11. The van der Waals surface area contributed by atoms with Crippen LogP contribution in [0.2, 0.25) is 0 Å². The van der Waals surface area contributed by atoms with E-state index in [2.05, 4.69) is 0 Å². The second-order valence-electron chi connectivity index (χ2n) is 3.16. The molecule has 1 aromatic carbocycles. The van der Waals surface area contributed by atoms with Crippen LogP contribution in [0.4, 0.5) is 0 Å². The first kappa shape index (κ1) is 10.3. The summed E-state index contributed by atoms with van der Waals surface area (Å²) in [7, 11) is 1.63. The van der Waals surface area contributed by atoms with Crippen LogP contribution in [0, 0.1) is 0 Å². The van der Waals surface area contributed by atoms with E-state index >= 15 is 0 Å². The Morgan fingerprint density at radius 1 is 1.27 bits per heavy atom. The number of ether oxygens (including phenoxy) is 4. The van der Waals surface area contributed by atoms with Crippen molar-refractivity contribution in [1.82, 2.24) is 0 Å². The SMILES string of the molecule is COc1cccc(OCC2OCCO2)c1. The maximum absolute atomic E-state index is 5.50. The Bertz CT molecular complexity index is 307. The lowest BCUT2D eigenvalue weighted by molar-refractivity contribution is -0.0684. The molecule has 0 aliphatic carbocycles.